The molecule has 0 bridgehead atoms. The predicted octanol–water partition coefficient (Wildman–Crippen LogP) is 4.07. The molecule has 0 fully saturated rings. The second-order valence-electron chi connectivity index (χ2n) is 6.47. The average molecular weight is 339 g/mol. The van der Waals surface area contributed by atoms with Crippen LogP contribution in [0.1, 0.15) is 52.9 Å². The van der Waals surface area contributed by atoms with Crippen molar-refractivity contribution >= 4 is 5.91 Å². The first-order valence-corrected chi connectivity index (χ1v) is 8.77. The number of hydrogen-bond acceptors (Lipinski definition) is 3. The smallest absolute Gasteiger partial charge is 0.255 e. The number of methoxy groups -OCH3 is 2. The molecular weight excluding hydrogens is 314 g/mol. The lowest BCUT2D eigenvalue weighted by atomic mass is 9.89. The molecule has 2 aromatic carbocycles. The van der Waals surface area contributed by atoms with Gasteiger partial charge in [0.2, 0.25) is 0 Å². The van der Waals surface area contributed by atoms with Crippen LogP contribution in [0.15, 0.2) is 36.4 Å². The minimum absolute atomic E-state index is 0.0735. The van der Waals surface area contributed by atoms with Crippen LogP contribution >= 0.6 is 0 Å². The number of carbonyl (C=O) groups is 1. The summed E-state index contributed by atoms with van der Waals surface area (Å²) in [6, 6.07) is 11.8. The first-order valence-electron chi connectivity index (χ1n) is 8.77. The van der Waals surface area contributed by atoms with Gasteiger partial charge in [-0.25, -0.2) is 0 Å². The van der Waals surface area contributed by atoms with E-state index in [4.69, 9.17) is 9.47 Å². The number of rotatable bonds is 5. The third-order valence-corrected chi connectivity index (χ3v) is 4.87. The Kier molecular flexibility index (Phi) is 5.27. The Morgan fingerprint density at radius 1 is 1.04 bits per heavy atom. The van der Waals surface area contributed by atoms with Crippen LogP contribution in [0.2, 0.25) is 0 Å². The fourth-order valence-corrected chi connectivity index (χ4v) is 3.45. The third-order valence-electron chi connectivity index (χ3n) is 4.87. The van der Waals surface area contributed by atoms with E-state index >= 15 is 0 Å². The van der Waals surface area contributed by atoms with Gasteiger partial charge in [-0.05, 0) is 61.4 Å². The first-order chi connectivity index (χ1) is 12.1. The van der Waals surface area contributed by atoms with Crippen molar-refractivity contribution in [1.29, 1.82) is 0 Å². The third kappa shape index (κ3) is 3.63. The molecule has 0 radical (unpaired) electrons. The largest absolute Gasteiger partial charge is 0.493 e. The number of carbonyl (C=O) groups excluding carboxylic acids is 1. The summed E-state index contributed by atoms with van der Waals surface area (Å²) in [5, 5.41) is 3.07. The fourth-order valence-electron chi connectivity index (χ4n) is 3.45. The summed E-state index contributed by atoms with van der Waals surface area (Å²) in [5.74, 6) is 0.845. The van der Waals surface area contributed by atoms with E-state index in [0.29, 0.717) is 17.1 Å². The molecule has 0 heterocycles. The number of hydrogen-bond donors (Lipinski definition) is 1. The van der Waals surface area contributed by atoms with Gasteiger partial charge in [-0.2, -0.15) is 0 Å². The van der Waals surface area contributed by atoms with E-state index < -0.39 is 0 Å². The Morgan fingerprint density at radius 3 is 2.52 bits per heavy atom. The Bertz CT molecular complexity index is 770. The number of nitrogens with one attached hydrogen (secondary N) is 1. The number of para-hydroxylation sites is 1. The molecule has 1 aliphatic carbocycles. The highest BCUT2D eigenvalue weighted by molar-refractivity contribution is 5.98. The van der Waals surface area contributed by atoms with Crippen LogP contribution in [0.25, 0.3) is 0 Å². The minimum atomic E-state index is -0.166. The number of amides is 1. The maximum Gasteiger partial charge on any atom is 0.255 e. The van der Waals surface area contributed by atoms with Crippen molar-refractivity contribution in [1.82, 2.24) is 5.32 Å². The normalized spacial score (nSPS) is 14.4. The molecule has 0 saturated heterocycles. The lowest BCUT2D eigenvalue weighted by Crippen LogP contribution is -2.27. The van der Waals surface area contributed by atoms with Crippen molar-refractivity contribution in [3.05, 3.63) is 58.7 Å². The zero-order chi connectivity index (χ0) is 17.8. The maximum absolute atomic E-state index is 12.7. The van der Waals surface area contributed by atoms with Crippen molar-refractivity contribution < 1.29 is 14.3 Å². The van der Waals surface area contributed by atoms with Gasteiger partial charge in [0.05, 0.1) is 25.8 Å². The van der Waals surface area contributed by atoms with E-state index in [2.05, 4.69) is 23.5 Å². The van der Waals surface area contributed by atoms with Crippen molar-refractivity contribution in [3.63, 3.8) is 0 Å². The van der Waals surface area contributed by atoms with Crippen LogP contribution in [-0.4, -0.2) is 20.1 Å². The molecule has 132 valence electrons. The monoisotopic (exact) mass is 339 g/mol. The van der Waals surface area contributed by atoms with E-state index in [-0.39, 0.29) is 11.9 Å². The molecule has 0 saturated carbocycles. The van der Waals surface area contributed by atoms with Crippen molar-refractivity contribution in [2.75, 3.05) is 14.2 Å². The predicted molar refractivity (Wildman–Crippen MR) is 98.5 cm³/mol. The van der Waals surface area contributed by atoms with Crippen molar-refractivity contribution in [2.45, 2.75) is 38.6 Å². The van der Waals surface area contributed by atoms with Crippen LogP contribution in [0.3, 0.4) is 0 Å². The highest BCUT2D eigenvalue weighted by Gasteiger charge is 2.19. The summed E-state index contributed by atoms with van der Waals surface area (Å²) in [6.45, 7) is 2.01. The summed E-state index contributed by atoms with van der Waals surface area (Å²) < 4.78 is 10.6. The molecule has 1 atom stereocenters. The van der Waals surface area contributed by atoms with E-state index in [1.54, 1.807) is 32.4 Å². The molecule has 3 rings (SSSR count). The highest BCUT2D eigenvalue weighted by atomic mass is 16.5. The summed E-state index contributed by atoms with van der Waals surface area (Å²) >= 11 is 0. The number of ether oxygens (including phenoxy) is 2. The highest BCUT2D eigenvalue weighted by Crippen LogP contribution is 2.31. The lowest BCUT2D eigenvalue weighted by molar-refractivity contribution is 0.0936. The van der Waals surface area contributed by atoms with Crippen LogP contribution in [-0.2, 0) is 12.8 Å². The average Bonchev–Trinajstić information content (AvgIpc) is 2.66. The molecule has 0 aromatic heterocycles. The summed E-state index contributed by atoms with van der Waals surface area (Å²) in [7, 11) is 3.11. The van der Waals surface area contributed by atoms with Gasteiger partial charge in [0, 0.05) is 0 Å². The Morgan fingerprint density at radius 2 is 1.80 bits per heavy atom. The van der Waals surface area contributed by atoms with Gasteiger partial charge in [0.15, 0.2) is 11.5 Å². The number of benzene rings is 2. The maximum atomic E-state index is 12.7. The topological polar surface area (TPSA) is 47.6 Å². The van der Waals surface area contributed by atoms with Gasteiger partial charge < -0.3 is 14.8 Å². The lowest BCUT2D eigenvalue weighted by Gasteiger charge is -2.20. The Hall–Kier alpha value is -2.49. The molecule has 0 spiro atoms. The van der Waals surface area contributed by atoms with Crippen LogP contribution < -0.4 is 14.8 Å². The molecule has 1 amide bonds. The van der Waals surface area contributed by atoms with E-state index in [9.17, 15) is 4.79 Å². The van der Waals surface area contributed by atoms with Gasteiger partial charge in [-0.3, -0.25) is 4.79 Å². The quantitative estimate of drug-likeness (QED) is 0.893. The van der Waals surface area contributed by atoms with E-state index in [1.165, 1.54) is 24.0 Å². The van der Waals surface area contributed by atoms with Crippen LogP contribution in [0, 0.1) is 0 Å². The van der Waals surface area contributed by atoms with Crippen molar-refractivity contribution in [3.8, 4) is 11.5 Å². The molecule has 0 aliphatic heterocycles. The van der Waals surface area contributed by atoms with Gasteiger partial charge in [-0.15, -0.1) is 0 Å². The summed E-state index contributed by atoms with van der Waals surface area (Å²) in [6.07, 6.45) is 4.82. The zero-order valence-electron chi connectivity index (χ0n) is 15.1. The zero-order valence-corrected chi connectivity index (χ0v) is 15.1. The number of fused-ring (bicyclic) bond motifs is 1. The van der Waals surface area contributed by atoms with Gasteiger partial charge in [0.1, 0.15) is 0 Å². The van der Waals surface area contributed by atoms with Gasteiger partial charge in [-0.1, -0.05) is 24.3 Å². The summed E-state index contributed by atoms with van der Waals surface area (Å²) in [4.78, 5) is 12.7. The van der Waals surface area contributed by atoms with Crippen LogP contribution in [0.4, 0.5) is 0 Å². The van der Waals surface area contributed by atoms with E-state index in [1.807, 2.05) is 6.92 Å². The van der Waals surface area contributed by atoms with Crippen LogP contribution in [0.5, 0.6) is 11.5 Å². The molecule has 1 aliphatic rings. The molecule has 25 heavy (non-hydrogen) atoms. The SMILES string of the molecule is COc1cccc(C(=O)NC(C)c2ccc3c(c2)CCCC3)c1OC. The van der Waals surface area contributed by atoms with Crippen molar-refractivity contribution in [2.24, 2.45) is 0 Å². The van der Waals surface area contributed by atoms with Gasteiger partial charge in [0.25, 0.3) is 5.91 Å². The molecular formula is C21H25NO3. The Balaban J connectivity index is 1.79. The second kappa shape index (κ2) is 7.60. The molecule has 1 N–H and O–H groups in total. The molecule has 4 heteroatoms. The second-order valence-corrected chi connectivity index (χ2v) is 6.47. The minimum Gasteiger partial charge on any atom is -0.493 e. The fraction of sp³-hybridized carbons (Fsp3) is 0.381. The standard InChI is InChI=1S/C21H25NO3/c1-14(16-12-11-15-7-4-5-8-17(15)13-16)22-21(23)18-9-6-10-19(24-2)20(18)25-3/h6,9-14H,4-5,7-8H2,1-3H3,(H,22,23). The molecule has 2 aromatic rings. The number of aryl methyl sites for hydroxylation is 2. The van der Waals surface area contributed by atoms with Gasteiger partial charge >= 0.3 is 0 Å². The Labute approximate surface area is 149 Å². The summed E-state index contributed by atoms with van der Waals surface area (Å²) in [5.41, 5.74) is 4.48. The van der Waals surface area contributed by atoms with E-state index in [0.717, 1.165) is 18.4 Å². The molecule has 1 unspecified atom stereocenters. The first kappa shape index (κ1) is 17.3. The molecule has 4 nitrogen and oxygen atoms in total.